The van der Waals surface area contributed by atoms with Gasteiger partial charge >= 0.3 is 6.09 Å². The molecular formula is C99H119Cl3N24O5S6. The molecule has 137 heavy (non-hydrogen) atoms. The van der Waals surface area contributed by atoms with E-state index in [2.05, 4.69) is 170 Å². The van der Waals surface area contributed by atoms with Crippen molar-refractivity contribution in [1.29, 1.82) is 0 Å². The first kappa shape index (κ1) is 98.3. The number of rotatable bonds is 17. The van der Waals surface area contributed by atoms with Crippen LogP contribution in [0.15, 0.2) is 42.5 Å². The predicted octanol–water partition coefficient (Wildman–Crippen LogP) is 23.9. The van der Waals surface area contributed by atoms with Crippen LogP contribution in [0.3, 0.4) is 0 Å². The summed E-state index contributed by atoms with van der Waals surface area (Å²) in [6.07, 6.45) is 6.89. The van der Waals surface area contributed by atoms with Gasteiger partial charge in [-0.3, -0.25) is 28.1 Å². The summed E-state index contributed by atoms with van der Waals surface area (Å²) in [6, 6.07) is 15.9. The van der Waals surface area contributed by atoms with Crippen LogP contribution in [0.1, 0.15) is 158 Å². The lowest BCUT2D eigenvalue weighted by Gasteiger charge is -2.40. The van der Waals surface area contributed by atoms with E-state index < -0.39 is 5.60 Å². The first-order valence-electron chi connectivity index (χ1n) is 46.4. The van der Waals surface area contributed by atoms with Crippen LogP contribution in [0.25, 0.3) is 123 Å². The first-order valence-corrected chi connectivity index (χ1v) is 52.5. The second kappa shape index (κ2) is 40.1. The van der Waals surface area contributed by atoms with Crippen molar-refractivity contribution in [3.05, 3.63) is 142 Å². The lowest BCUT2D eigenvalue weighted by atomic mass is 10.1. The molecule has 18 aromatic heterocycles. The number of hydrogen-bond acceptors (Lipinski definition) is 28. The number of nitrogens with one attached hydrogen (secondary N) is 5. The monoisotopic (exact) mass is 2020 g/mol. The average Bonchev–Trinajstić information content (AvgIpc) is 1.60. The minimum Gasteiger partial charge on any atom is -0.444 e. The van der Waals surface area contributed by atoms with Gasteiger partial charge in [-0.1, -0.05) is 91.3 Å². The highest BCUT2D eigenvalue weighted by atomic mass is 35.5. The number of halogens is 3. The van der Waals surface area contributed by atoms with Crippen LogP contribution >= 0.6 is 103 Å². The molecule has 1 aliphatic carbocycles. The average molecular weight is 2020 g/mol. The number of pyridine rings is 6. The summed E-state index contributed by atoms with van der Waals surface area (Å²) in [5.41, 5.74) is 22.4. The van der Waals surface area contributed by atoms with Crippen LogP contribution in [0, 0.1) is 103 Å². The number of carbonyl (C=O) groups excluding carboxylic acids is 1. The largest absolute Gasteiger partial charge is 0.444 e. The number of aryl methyl sites for hydroxylation is 18. The highest BCUT2D eigenvalue weighted by Gasteiger charge is 2.36. The van der Waals surface area contributed by atoms with E-state index in [1.54, 1.807) is 72.9 Å². The smallest absolute Gasteiger partial charge is 0.410 e. The van der Waals surface area contributed by atoms with Crippen LogP contribution in [0.2, 0.25) is 15.1 Å². The van der Waals surface area contributed by atoms with Gasteiger partial charge in [0.05, 0.1) is 144 Å². The highest BCUT2D eigenvalue weighted by Crippen LogP contribution is 2.48. The minimum atomic E-state index is -0.469. The number of aliphatic hydroxyl groups excluding tert-OH is 2. The molecule has 0 radical (unpaired) electrons. The van der Waals surface area contributed by atoms with E-state index >= 15 is 0 Å². The molecule has 19 aromatic rings. The standard InChI is InChI=1S/C19H19ClN4S.C19H25N5O2S.C17H22N4OS.C16H21ClN4S.C16H20N4O2S.C12H12ClN3S/c1-10-5-7-13(8-6-10)9-21-18-17-16(24(4)23-18)14-11(2)15(20)12(3)22-19(14)25-17;1-10-7-11(2)20-17-13(10)14-15(27-17)16(22-23(14)6)21-12-8-24(9-12)18(25)26-19(3,4)5;1-10-9-11(2)18-17-13(10)14-15(23-17)16(20-21(14)7-8-22)19-12-5-3-4-6-12;1-8(2)6-7-18-15-14-13(21(5)20-15)11-9(3)12(17)10(4)19-16(11)22-14;1-9-7-10(2)17-16-12(9)13-14(23-16)15(19-20(13)4-5-21)18-11-3-6-22-8-11;1-5-8-10-11(7(3)15-16(10)4)17-12(8)14-6(2)9(5)13/h5-8H,9H2,1-4H3,(H,21,23);7,12H,8-9H2,1-6H3,(H,21,22);9,12,22H,3-8H2,1-2H3,(H,19,20);8H,6-7H2,1-5H3,(H,18,20);7,11,21H,3-6,8H2,1-2H3,(H,18,19);1-4H3. The first-order chi connectivity index (χ1) is 65.3. The molecule has 0 spiro atoms. The summed E-state index contributed by atoms with van der Waals surface area (Å²) in [5, 5.41) is 73.3. The van der Waals surface area contributed by atoms with Crippen LogP contribution < -0.4 is 26.6 Å². The molecule has 1 saturated carbocycles. The van der Waals surface area contributed by atoms with Gasteiger partial charge in [-0.2, -0.15) is 30.6 Å². The van der Waals surface area contributed by atoms with E-state index in [9.17, 15) is 15.0 Å². The summed E-state index contributed by atoms with van der Waals surface area (Å²) in [4.78, 5) is 48.0. The van der Waals surface area contributed by atoms with E-state index in [1.807, 2.05) is 132 Å². The number of ether oxygens (including phenoxy) is 2. The maximum absolute atomic E-state index is 12.1. The van der Waals surface area contributed by atoms with Crippen molar-refractivity contribution in [3.8, 4) is 0 Å². The molecule has 1 atom stereocenters. The van der Waals surface area contributed by atoms with Crippen molar-refractivity contribution >= 4 is 261 Å². The summed E-state index contributed by atoms with van der Waals surface area (Å²) in [5.74, 6) is 5.23. The Balaban J connectivity index is 0.000000114. The Kier molecular flexibility index (Phi) is 28.8. The Hall–Kier alpha value is -10.3. The lowest BCUT2D eigenvalue weighted by Crippen LogP contribution is -2.58. The van der Waals surface area contributed by atoms with Gasteiger partial charge in [0.1, 0.15) is 34.6 Å². The molecule has 20 heterocycles. The molecule has 2 aliphatic heterocycles. The molecule has 29 nitrogen and oxygen atoms in total. The number of nitrogens with zero attached hydrogens (tertiary/aromatic N) is 19. The Labute approximate surface area is 834 Å². The highest BCUT2D eigenvalue weighted by molar-refractivity contribution is 7.28. The van der Waals surface area contributed by atoms with Gasteiger partial charge in [-0.05, 0) is 206 Å². The Morgan fingerprint density at radius 1 is 0.460 bits per heavy atom. The summed E-state index contributed by atoms with van der Waals surface area (Å²) < 4.78 is 29.3. The van der Waals surface area contributed by atoms with Gasteiger partial charge in [0.2, 0.25) is 0 Å². The Morgan fingerprint density at radius 3 is 1.26 bits per heavy atom. The number of anilines is 5. The van der Waals surface area contributed by atoms with Crippen molar-refractivity contribution < 1.29 is 24.5 Å². The number of likely N-dealkylation sites (tertiary alicyclic amines) is 1. The van der Waals surface area contributed by atoms with E-state index in [4.69, 9.17) is 59.3 Å². The molecular weight excluding hydrogens is 1900 g/mol. The van der Waals surface area contributed by atoms with Crippen molar-refractivity contribution in [2.75, 3.05) is 72.6 Å². The zero-order valence-electron chi connectivity index (χ0n) is 81.9. The van der Waals surface area contributed by atoms with Crippen LogP contribution in [-0.4, -0.2) is 180 Å². The molecule has 7 N–H and O–H groups in total. The second-order valence-electron chi connectivity index (χ2n) is 37.6. The molecule has 0 bridgehead atoms. The Morgan fingerprint density at radius 2 is 0.832 bits per heavy atom. The number of fused-ring (bicyclic) bond motifs is 18. The fraction of sp³-hybridized carbons (Fsp3) is 0.444. The van der Waals surface area contributed by atoms with Crippen molar-refractivity contribution in [3.63, 3.8) is 0 Å². The molecule has 1 aromatic carbocycles. The summed E-state index contributed by atoms with van der Waals surface area (Å²) in [7, 11) is 7.88. The lowest BCUT2D eigenvalue weighted by molar-refractivity contribution is 0.0104. The van der Waals surface area contributed by atoms with Crippen LogP contribution in [0.5, 0.6) is 0 Å². The number of carbonyl (C=O) groups is 1. The third kappa shape index (κ3) is 19.8. The van der Waals surface area contributed by atoms with E-state index in [0.29, 0.717) is 44.2 Å². The van der Waals surface area contributed by atoms with Crippen LogP contribution in [0.4, 0.5) is 33.9 Å². The van der Waals surface area contributed by atoms with E-state index in [1.165, 1.54) is 78.4 Å². The predicted molar refractivity (Wildman–Crippen MR) is 573 cm³/mol. The van der Waals surface area contributed by atoms with Crippen molar-refractivity contribution in [2.45, 2.75) is 213 Å². The fourth-order valence-corrected chi connectivity index (χ4v) is 26.5. The number of hydrogen-bond donors (Lipinski definition) is 7. The maximum Gasteiger partial charge on any atom is 0.410 e. The van der Waals surface area contributed by atoms with E-state index in [0.717, 1.165) is 238 Å². The minimum absolute atomic E-state index is 0.0679. The topological polar surface area (TPSA) is 324 Å². The van der Waals surface area contributed by atoms with Gasteiger partial charge in [-0.25, -0.2) is 34.7 Å². The molecule has 1 unspecified atom stereocenters. The zero-order valence-corrected chi connectivity index (χ0v) is 89.0. The number of aliphatic hydroxyl groups is 2. The third-order valence-corrected chi connectivity index (χ3v) is 33.4. The van der Waals surface area contributed by atoms with Gasteiger partial charge < -0.3 is 51.2 Å². The molecule has 1 amide bonds. The van der Waals surface area contributed by atoms with Gasteiger partial charge in [0.25, 0.3) is 0 Å². The number of aromatic nitrogens is 18. The molecule has 3 aliphatic rings. The normalized spacial score (nSPS) is 14.3. The SMILES string of the molecule is Cc1cc(C)c2c(n1)sc1c(NC3CCCC3)nn(CCO)c12.Cc1cc(C)c2c(n1)sc1c(NC3CCOC3)nn(CCO)c12.Cc1cc(C)c2c(n1)sc1c(NC3CN(C(=O)OC(C)(C)C)C3)nn(C)c12.Cc1ccc(CNc2nn(C)c3c2sc2nc(C)c(Cl)c(C)c23)cc1.Cc1nc2sc3c(C)nn(C)c3c2c(C)c1Cl.Cc1nc2sc3c(NCCC(C)C)nn(C)c3c2c(C)c1Cl. The van der Waals surface area contributed by atoms with Gasteiger partial charge in [-0.15, -0.1) is 68.0 Å². The van der Waals surface area contributed by atoms with Crippen molar-refractivity contribution in [2.24, 2.45) is 34.1 Å². The molecule has 722 valence electrons. The third-order valence-electron chi connectivity index (χ3n) is 25.1. The van der Waals surface area contributed by atoms with Gasteiger partial charge in [0.15, 0.2) is 29.1 Å². The maximum atomic E-state index is 12.1. The molecule has 22 rings (SSSR count). The summed E-state index contributed by atoms with van der Waals surface area (Å²) >= 11 is 29.2. The number of benzene rings is 1. The molecule has 38 heteroatoms. The second-order valence-corrected chi connectivity index (χ2v) is 44.8. The number of thiophene rings is 6. The zero-order chi connectivity index (χ0) is 97.5. The molecule has 2 saturated heterocycles. The fourth-order valence-electron chi connectivity index (χ4n) is 18.5. The summed E-state index contributed by atoms with van der Waals surface area (Å²) in [6.45, 7) is 44.3. The Bertz CT molecular complexity index is 7660. The molecule has 3 fully saturated rings. The van der Waals surface area contributed by atoms with Crippen LogP contribution in [-0.2, 0) is 57.3 Å². The van der Waals surface area contributed by atoms with Gasteiger partial charge in [0, 0.05) is 116 Å². The quantitative estimate of drug-likeness (QED) is 0.0445. The van der Waals surface area contributed by atoms with E-state index in [-0.39, 0.29) is 25.3 Å². The van der Waals surface area contributed by atoms with Crippen molar-refractivity contribution in [1.82, 2.24) is 93.5 Å². The number of amides is 1.